The Morgan fingerprint density at radius 2 is 1.28 bits per heavy atom. The molecule has 0 unspecified atom stereocenters. The Kier molecular flexibility index (Phi) is 6.45. The van der Waals surface area contributed by atoms with E-state index < -0.39 is 17.9 Å². The molecule has 3 aromatic carbocycles. The van der Waals surface area contributed by atoms with Crippen molar-refractivity contribution in [3.63, 3.8) is 0 Å². The number of primary amides is 1. The summed E-state index contributed by atoms with van der Waals surface area (Å²) in [5.74, 6) is -1.30. The normalized spacial score (nSPS) is 11.8. The molecule has 3 N–H and O–H groups in total. The lowest BCUT2D eigenvalue weighted by Gasteiger charge is -2.23. The van der Waals surface area contributed by atoms with Crippen molar-refractivity contribution >= 4 is 11.8 Å². The van der Waals surface area contributed by atoms with Crippen LogP contribution in [-0.2, 0) is 16.0 Å². The standard InChI is InChI=1S/C25H26N2O2/c1-17-10-9-11-18(2)21(17)16-22(24(26)28)27-25(29)23(19-12-5-3-6-13-19)20-14-7-4-8-15-20/h3-15,22-23H,16H2,1-2H3,(H2,26,28)(H,27,29)/t22-/m0/s1. The fraction of sp³-hybridized carbons (Fsp3) is 0.200. The molecule has 0 saturated heterocycles. The molecule has 148 valence electrons. The number of hydrogen-bond acceptors (Lipinski definition) is 2. The van der Waals surface area contributed by atoms with Gasteiger partial charge in [0.05, 0.1) is 5.92 Å². The smallest absolute Gasteiger partial charge is 0.240 e. The van der Waals surface area contributed by atoms with E-state index >= 15 is 0 Å². The quantitative estimate of drug-likeness (QED) is 0.651. The second-order valence-corrected chi connectivity index (χ2v) is 7.29. The predicted molar refractivity (Wildman–Crippen MR) is 115 cm³/mol. The second-order valence-electron chi connectivity index (χ2n) is 7.29. The molecule has 0 aromatic heterocycles. The molecule has 4 heteroatoms. The van der Waals surface area contributed by atoms with Gasteiger partial charge in [0.25, 0.3) is 0 Å². The van der Waals surface area contributed by atoms with Crippen molar-refractivity contribution in [3.8, 4) is 0 Å². The number of hydrogen-bond donors (Lipinski definition) is 2. The Bertz CT molecular complexity index is 924. The number of amides is 2. The van der Waals surface area contributed by atoms with Gasteiger partial charge in [-0.3, -0.25) is 9.59 Å². The van der Waals surface area contributed by atoms with E-state index in [-0.39, 0.29) is 5.91 Å². The Balaban J connectivity index is 1.90. The maximum atomic E-state index is 13.3. The number of aryl methyl sites for hydroxylation is 2. The lowest BCUT2D eigenvalue weighted by Crippen LogP contribution is -2.47. The molecule has 0 aliphatic carbocycles. The summed E-state index contributed by atoms with van der Waals surface area (Å²) < 4.78 is 0. The Morgan fingerprint density at radius 1 is 0.793 bits per heavy atom. The van der Waals surface area contributed by atoms with Crippen LogP contribution in [0.25, 0.3) is 0 Å². The fourth-order valence-electron chi connectivity index (χ4n) is 3.64. The molecule has 1 atom stereocenters. The van der Waals surface area contributed by atoms with E-state index in [4.69, 9.17) is 5.73 Å². The Morgan fingerprint density at radius 3 is 1.72 bits per heavy atom. The maximum absolute atomic E-state index is 13.3. The molecule has 3 aromatic rings. The summed E-state index contributed by atoms with van der Waals surface area (Å²) in [7, 11) is 0. The molecular formula is C25H26N2O2. The van der Waals surface area contributed by atoms with Crippen molar-refractivity contribution in [3.05, 3.63) is 107 Å². The van der Waals surface area contributed by atoms with Crippen molar-refractivity contribution in [2.75, 3.05) is 0 Å². The zero-order chi connectivity index (χ0) is 20.8. The molecule has 29 heavy (non-hydrogen) atoms. The molecule has 0 heterocycles. The molecule has 0 radical (unpaired) electrons. The number of nitrogens with two attached hydrogens (primary N) is 1. The van der Waals surface area contributed by atoms with Crippen LogP contribution in [0.3, 0.4) is 0 Å². The predicted octanol–water partition coefficient (Wildman–Crippen LogP) is 3.65. The minimum Gasteiger partial charge on any atom is -0.368 e. The summed E-state index contributed by atoms with van der Waals surface area (Å²) in [5.41, 5.74) is 10.6. The molecule has 0 fully saturated rings. The molecule has 4 nitrogen and oxygen atoms in total. The minimum atomic E-state index is -0.780. The first-order chi connectivity index (χ1) is 14.0. The minimum absolute atomic E-state index is 0.238. The van der Waals surface area contributed by atoms with Gasteiger partial charge in [0, 0.05) is 6.42 Å². The summed E-state index contributed by atoms with van der Waals surface area (Å²) in [6.45, 7) is 4.00. The molecule has 3 rings (SSSR count). The van der Waals surface area contributed by atoms with Gasteiger partial charge in [-0.2, -0.15) is 0 Å². The highest BCUT2D eigenvalue weighted by atomic mass is 16.2. The van der Waals surface area contributed by atoms with Crippen LogP contribution < -0.4 is 11.1 Å². The highest BCUT2D eigenvalue weighted by molar-refractivity contribution is 5.92. The van der Waals surface area contributed by atoms with E-state index in [9.17, 15) is 9.59 Å². The third kappa shape index (κ3) is 4.91. The number of nitrogens with one attached hydrogen (secondary N) is 1. The lowest BCUT2D eigenvalue weighted by atomic mass is 9.89. The van der Waals surface area contributed by atoms with Crippen molar-refractivity contribution in [2.24, 2.45) is 5.73 Å². The fourth-order valence-corrected chi connectivity index (χ4v) is 3.64. The third-order valence-corrected chi connectivity index (χ3v) is 5.24. The van der Waals surface area contributed by atoms with Crippen LogP contribution >= 0.6 is 0 Å². The second kappa shape index (κ2) is 9.20. The summed E-state index contributed by atoms with van der Waals surface area (Å²) in [4.78, 5) is 25.5. The number of carbonyl (C=O) groups excluding carboxylic acids is 2. The molecule has 0 aliphatic rings. The number of carbonyl (C=O) groups is 2. The van der Waals surface area contributed by atoms with Gasteiger partial charge in [-0.15, -0.1) is 0 Å². The molecule has 0 aliphatic heterocycles. The van der Waals surface area contributed by atoms with Crippen molar-refractivity contribution < 1.29 is 9.59 Å². The first-order valence-electron chi connectivity index (χ1n) is 9.72. The van der Waals surface area contributed by atoms with Gasteiger partial charge in [0.1, 0.15) is 6.04 Å². The highest BCUT2D eigenvalue weighted by Gasteiger charge is 2.27. The van der Waals surface area contributed by atoms with Crippen LogP contribution in [-0.4, -0.2) is 17.9 Å². The summed E-state index contributed by atoms with van der Waals surface area (Å²) in [5, 5.41) is 2.90. The largest absolute Gasteiger partial charge is 0.368 e. The van der Waals surface area contributed by atoms with Crippen molar-refractivity contribution in [2.45, 2.75) is 32.2 Å². The highest BCUT2D eigenvalue weighted by Crippen LogP contribution is 2.25. The van der Waals surface area contributed by atoms with E-state index in [0.717, 1.165) is 27.8 Å². The molecule has 0 spiro atoms. The number of benzene rings is 3. The van der Waals surface area contributed by atoms with E-state index in [0.29, 0.717) is 6.42 Å². The van der Waals surface area contributed by atoms with E-state index in [1.54, 1.807) is 0 Å². The van der Waals surface area contributed by atoms with Gasteiger partial charge in [-0.1, -0.05) is 78.9 Å². The monoisotopic (exact) mass is 386 g/mol. The van der Waals surface area contributed by atoms with Crippen molar-refractivity contribution in [1.29, 1.82) is 0 Å². The van der Waals surface area contributed by atoms with Crippen LogP contribution in [0.4, 0.5) is 0 Å². The van der Waals surface area contributed by atoms with Gasteiger partial charge in [-0.05, 0) is 41.7 Å². The van der Waals surface area contributed by atoms with E-state index in [2.05, 4.69) is 5.32 Å². The molecule has 0 bridgehead atoms. The first kappa shape index (κ1) is 20.3. The summed E-state index contributed by atoms with van der Waals surface area (Å²) >= 11 is 0. The third-order valence-electron chi connectivity index (χ3n) is 5.24. The molecule has 2 amide bonds. The zero-order valence-electron chi connectivity index (χ0n) is 16.8. The maximum Gasteiger partial charge on any atom is 0.240 e. The van der Waals surface area contributed by atoms with Crippen LogP contribution in [0.5, 0.6) is 0 Å². The Labute approximate surface area is 171 Å². The van der Waals surface area contributed by atoms with Gasteiger partial charge >= 0.3 is 0 Å². The topological polar surface area (TPSA) is 72.2 Å². The van der Waals surface area contributed by atoms with Crippen LogP contribution in [0.1, 0.15) is 33.7 Å². The SMILES string of the molecule is Cc1cccc(C)c1C[C@H](NC(=O)C(c1ccccc1)c1ccccc1)C(N)=O. The first-order valence-corrected chi connectivity index (χ1v) is 9.72. The average molecular weight is 386 g/mol. The van der Waals surface area contributed by atoms with Crippen LogP contribution in [0.15, 0.2) is 78.9 Å². The zero-order valence-corrected chi connectivity index (χ0v) is 16.8. The molecule has 0 saturated carbocycles. The van der Waals surface area contributed by atoms with Gasteiger partial charge < -0.3 is 11.1 Å². The van der Waals surface area contributed by atoms with E-state index in [1.807, 2.05) is 92.7 Å². The molecular weight excluding hydrogens is 360 g/mol. The van der Waals surface area contributed by atoms with Gasteiger partial charge in [0.15, 0.2) is 0 Å². The number of rotatable bonds is 7. The summed E-state index contributed by atoms with van der Waals surface area (Å²) in [6, 6.07) is 24.3. The van der Waals surface area contributed by atoms with Crippen LogP contribution in [0.2, 0.25) is 0 Å². The van der Waals surface area contributed by atoms with Crippen molar-refractivity contribution in [1.82, 2.24) is 5.32 Å². The Hall–Kier alpha value is -3.40. The summed E-state index contributed by atoms with van der Waals surface area (Å²) in [6.07, 6.45) is 0.371. The lowest BCUT2D eigenvalue weighted by molar-refractivity contribution is -0.127. The van der Waals surface area contributed by atoms with E-state index in [1.165, 1.54) is 0 Å². The average Bonchev–Trinajstić information content (AvgIpc) is 2.71. The van der Waals surface area contributed by atoms with Gasteiger partial charge in [0.2, 0.25) is 11.8 Å². The van der Waals surface area contributed by atoms with Gasteiger partial charge in [-0.25, -0.2) is 0 Å². The van der Waals surface area contributed by atoms with Crippen LogP contribution in [0, 0.1) is 13.8 Å².